The van der Waals surface area contributed by atoms with Gasteiger partial charge in [-0.1, -0.05) is 6.07 Å². The molecule has 154 valence electrons. The van der Waals surface area contributed by atoms with E-state index in [-0.39, 0.29) is 17.4 Å². The first-order valence-corrected chi connectivity index (χ1v) is 9.98. The van der Waals surface area contributed by atoms with E-state index in [0.29, 0.717) is 30.4 Å². The molecule has 8 heteroatoms. The topological polar surface area (TPSA) is 93.0 Å². The molecule has 0 saturated carbocycles. The molecule has 1 N–H and O–H groups in total. The Morgan fingerprint density at radius 1 is 1.17 bits per heavy atom. The van der Waals surface area contributed by atoms with E-state index in [4.69, 9.17) is 0 Å². The number of rotatable bonds is 4. The van der Waals surface area contributed by atoms with Gasteiger partial charge >= 0.3 is 0 Å². The van der Waals surface area contributed by atoms with Crippen molar-refractivity contribution in [2.24, 2.45) is 7.05 Å². The average Bonchev–Trinajstić information content (AvgIpc) is 2.77. The van der Waals surface area contributed by atoms with Crippen molar-refractivity contribution >= 4 is 17.7 Å². The molecule has 30 heavy (non-hydrogen) atoms. The second-order valence-corrected chi connectivity index (χ2v) is 7.61. The Labute approximate surface area is 174 Å². The van der Waals surface area contributed by atoms with Gasteiger partial charge in [-0.3, -0.25) is 9.59 Å². The molecule has 1 unspecified atom stereocenters. The van der Waals surface area contributed by atoms with Crippen LogP contribution in [-0.2, 0) is 7.05 Å². The predicted octanol–water partition coefficient (Wildman–Crippen LogP) is 2.64. The van der Waals surface area contributed by atoms with E-state index < -0.39 is 0 Å². The maximum absolute atomic E-state index is 12.9. The maximum Gasteiger partial charge on any atom is 0.255 e. The average molecular weight is 404 g/mol. The number of amides is 1. The second-order valence-electron chi connectivity index (χ2n) is 7.61. The molecule has 3 aromatic rings. The molecule has 0 bridgehead atoms. The lowest BCUT2D eigenvalue weighted by molar-refractivity contribution is 0.0705. The molecule has 0 aliphatic carbocycles. The Morgan fingerprint density at radius 2 is 2.03 bits per heavy atom. The van der Waals surface area contributed by atoms with Crippen LogP contribution >= 0.6 is 0 Å². The van der Waals surface area contributed by atoms with E-state index in [9.17, 15) is 9.59 Å². The summed E-state index contributed by atoms with van der Waals surface area (Å²) in [7, 11) is 1.65. The van der Waals surface area contributed by atoms with Crippen LogP contribution in [0.5, 0.6) is 0 Å². The summed E-state index contributed by atoms with van der Waals surface area (Å²) in [5, 5.41) is 3.14. The minimum absolute atomic E-state index is 0.0634. The first-order valence-electron chi connectivity index (χ1n) is 9.98. The lowest BCUT2D eigenvalue weighted by Crippen LogP contribution is -2.39. The second kappa shape index (κ2) is 8.44. The highest BCUT2D eigenvalue weighted by atomic mass is 16.2. The van der Waals surface area contributed by atoms with E-state index in [1.54, 1.807) is 31.7 Å². The number of hydrogen-bond donors (Lipinski definition) is 1. The molecule has 0 spiro atoms. The summed E-state index contributed by atoms with van der Waals surface area (Å²) < 4.78 is 1.43. The minimum atomic E-state index is -0.132. The number of anilines is 2. The number of carbonyl (C=O) groups is 1. The fourth-order valence-electron chi connectivity index (χ4n) is 3.62. The van der Waals surface area contributed by atoms with Crippen LogP contribution in [0.15, 0.2) is 53.7 Å². The van der Waals surface area contributed by atoms with Gasteiger partial charge in [0.05, 0.1) is 11.3 Å². The third kappa shape index (κ3) is 4.37. The molecule has 1 saturated heterocycles. The molecule has 4 heterocycles. The van der Waals surface area contributed by atoms with Crippen molar-refractivity contribution < 1.29 is 4.79 Å². The standard InChI is InChI=1S/C22H24N6O2/c1-15-5-7-19(24-12-15)26-22-23-10-9-18(25-22)16-4-3-11-28(14-16)21(30)17-6-8-20(29)27(2)13-17/h5-10,12-13,16H,3-4,11,14H2,1-2H3,(H,23,24,25,26). The SMILES string of the molecule is Cc1ccc(Nc2nccc(C3CCCN(C(=O)c4ccc(=O)n(C)c4)C3)n2)nc1. The Kier molecular flexibility index (Phi) is 5.56. The maximum atomic E-state index is 12.9. The van der Waals surface area contributed by atoms with Gasteiger partial charge in [-0.2, -0.15) is 0 Å². The highest BCUT2D eigenvalue weighted by Gasteiger charge is 2.26. The van der Waals surface area contributed by atoms with Gasteiger partial charge in [-0.05, 0) is 43.5 Å². The molecule has 1 aliphatic heterocycles. The van der Waals surface area contributed by atoms with Gasteiger partial charge in [0.2, 0.25) is 11.5 Å². The van der Waals surface area contributed by atoms with E-state index in [0.717, 1.165) is 24.1 Å². The van der Waals surface area contributed by atoms with Crippen molar-refractivity contribution in [2.45, 2.75) is 25.7 Å². The Morgan fingerprint density at radius 3 is 2.80 bits per heavy atom. The predicted molar refractivity (Wildman–Crippen MR) is 114 cm³/mol. The van der Waals surface area contributed by atoms with Gasteiger partial charge in [0, 0.05) is 50.7 Å². The molecule has 0 radical (unpaired) electrons. The third-order valence-corrected chi connectivity index (χ3v) is 5.29. The Balaban J connectivity index is 1.49. The van der Waals surface area contributed by atoms with Crippen LogP contribution in [0.3, 0.4) is 0 Å². The molecule has 1 atom stereocenters. The zero-order chi connectivity index (χ0) is 21.1. The number of likely N-dealkylation sites (tertiary alicyclic amines) is 1. The van der Waals surface area contributed by atoms with Gasteiger partial charge in [0.25, 0.3) is 5.91 Å². The highest BCUT2D eigenvalue weighted by Crippen LogP contribution is 2.27. The van der Waals surface area contributed by atoms with Gasteiger partial charge in [0.15, 0.2) is 0 Å². The zero-order valence-corrected chi connectivity index (χ0v) is 17.1. The molecule has 0 aromatic carbocycles. The summed E-state index contributed by atoms with van der Waals surface area (Å²) in [6.07, 6.45) is 6.96. The minimum Gasteiger partial charge on any atom is -0.338 e. The number of nitrogens with zero attached hydrogens (tertiary/aromatic N) is 5. The lowest BCUT2D eigenvalue weighted by Gasteiger charge is -2.32. The quantitative estimate of drug-likeness (QED) is 0.719. The fourth-order valence-corrected chi connectivity index (χ4v) is 3.62. The van der Waals surface area contributed by atoms with Crippen LogP contribution < -0.4 is 10.9 Å². The van der Waals surface area contributed by atoms with Gasteiger partial charge in [-0.15, -0.1) is 0 Å². The molecule has 3 aromatic heterocycles. The van der Waals surface area contributed by atoms with Crippen molar-refractivity contribution in [1.29, 1.82) is 0 Å². The largest absolute Gasteiger partial charge is 0.338 e. The van der Waals surface area contributed by atoms with E-state index >= 15 is 0 Å². The van der Waals surface area contributed by atoms with Gasteiger partial charge in [-0.25, -0.2) is 15.0 Å². The van der Waals surface area contributed by atoms with Crippen molar-refractivity contribution in [2.75, 3.05) is 18.4 Å². The molecule has 1 amide bonds. The van der Waals surface area contributed by atoms with Gasteiger partial charge in [0.1, 0.15) is 5.82 Å². The summed E-state index contributed by atoms with van der Waals surface area (Å²) in [6, 6.07) is 8.78. The molecular formula is C22H24N6O2. The number of nitrogens with one attached hydrogen (secondary N) is 1. The number of hydrogen-bond acceptors (Lipinski definition) is 6. The van der Waals surface area contributed by atoms with Crippen molar-refractivity contribution in [1.82, 2.24) is 24.4 Å². The van der Waals surface area contributed by atoms with Crippen molar-refractivity contribution in [3.05, 3.63) is 76.1 Å². The highest BCUT2D eigenvalue weighted by molar-refractivity contribution is 5.94. The Bertz CT molecular complexity index is 1110. The first kappa shape index (κ1) is 19.8. The number of aryl methyl sites for hydroxylation is 2. The van der Waals surface area contributed by atoms with Crippen LogP contribution in [0.25, 0.3) is 0 Å². The van der Waals surface area contributed by atoms with E-state index in [1.807, 2.05) is 30.0 Å². The summed E-state index contributed by atoms with van der Waals surface area (Å²) >= 11 is 0. The third-order valence-electron chi connectivity index (χ3n) is 5.29. The monoisotopic (exact) mass is 404 g/mol. The summed E-state index contributed by atoms with van der Waals surface area (Å²) in [5.41, 5.74) is 2.37. The molecule has 1 fully saturated rings. The van der Waals surface area contributed by atoms with E-state index in [2.05, 4.69) is 20.3 Å². The van der Waals surface area contributed by atoms with E-state index in [1.165, 1.54) is 10.6 Å². The first-order chi connectivity index (χ1) is 14.5. The lowest BCUT2D eigenvalue weighted by atomic mass is 9.94. The molecular weight excluding hydrogens is 380 g/mol. The van der Waals surface area contributed by atoms with Crippen molar-refractivity contribution in [3.8, 4) is 0 Å². The summed E-state index contributed by atoms with van der Waals surface area (Å²) in [4.78, 5) is 39.7. The zero-order valence-electron chi connectivity index (χ0n) is 17.1. The summed E-state index contributed by atoms with van der Waals surface area (Å²) in [6.45, 7) is 3.27. The smallest absolute Gasteiger partial charge is 0.255 e. The van der Waals surface area contributed by atoms with Crippen LogP contribution in [0, 0.1) is 6.92 Å². The normalized spacial score (nSPS) is 16.3. The number of aromatic nitrogens is 4. The van der Waals surface area contributed by atoms with Crippen LogP contribution in [0.1, 0.15) is 40.4 Å². The molecule has 4 rings (SSSR count). The molecule has 8 nitrogen and oxygen atoms in total. The summed E-state index contributed by atoms with van der Waals surface area (Å²) in [5.74, 6) is 1.24. The van der Waals surface area contributed by atoms with Gasteiger partial charge < -0.3 is 14.8 Å². The number of piperidine rings is 1. The fraction of sp³-hybridized carbons (Fsp3) is 0.318. The number of pyridine rings is 2. The molecule has 1 aliphatic rings. The van der Waals surface area contributed by atoms with Crippen molar-refractivity contribution in [3.63, 3.8) is 0 Å². The van der Waals surface area contributed by atoms with Crippen LogP contribution in [-0.4, -0.2) is 43.4 Å². The Hall–Kier alpha value is -3.55. The van der Waals surface area contributed by atoms with Crippen LogP contribution in [0.4, 0.5) is 11.8 Å². The number of carbonyl (C=O) groups excluding carboxylic acids is 1. The van der Waals surface area contributed by atoms with Crippen LogP contribution in [0.2, 0.25) is 0 Å².